The molecule has 1 unspecified atom stereocenters. The van der Waals surface area contributed by atoms with Crippen molar-refractivity contribution in [2.75, 3.05) is 5.32 Å². The number of aromatic nitrogens is 3. The zero-order valence-corrected chi connectivity index (χ0v) is 12.0. The summed E-state index contributed by atoms with van der Waals surface area (Å²) in [4.78, 5) is 16.6. The van der Waals surface area contributed by atoms with Crippen LogP contribution in [0.5, 0.6) is 0 Å². The molecule has 1 aromatic heterocycles. The number of H-pyrrole nitrogens is 1. The van der Waals surface area contributed by atoms with Crippen molar-refractivity contribution in [2.24, 2.45) is 5.92 Å². The molecule has 0 spiro atoms. The van der Waals surface area contributed by atoms with E-state index in [-0.39, 0.29) is 11.8 Å². The smallest absolute Gasteiger partial charge is 0.227 e. The Bertz CT molecular complexity index is 661. The van der Waals surface area contributed by atoms with Crippen molar-refractivity contribution >= 4 is 11.6 Å². The van der Waals surface area contributed by atoms with Gasteiger partial charge in [0.25, 0.3) is 0 Å². The molecular formula is C16H18N4O. The van der Waals surface area contributed by atoms with E-state index in [1.54, 1.807) is 0 Å². The summed E-state index contributed by atoms with van der Waals surface area (Å²) in [6, 6.07) is 5.90. The molecule has 108 valence electrons. The van der Waals surface area contributed by atoms with Crippen LogP contribution in [0.3, 0.4) is 0 Å². The van der Waals surface area contributed by atoms with Gasteiger partial charge in [-0.3, -0.25) is 9.89 Å². The van der Waals surface area contributed by atoms with Crippen molar-refractivity contribution in [2.45, 2.75) is 26.2 Å². The van der Waals surface area contributed by atoms with E-state index in [1.165, 1.54) is 6.33 Å². The highest BCUT2D eigenvalue weighted by Crippen LogP contribution is 2.28. The number of nitrogens with one attached hydrogen (secondary N) is 2. The van der Waals surface area contributed by atoms with Crippen LogP contribution in [0, 0.1) is 12.8 Å². The lowest BCUT2D eigenvalue weighted by atomic mass is 9.93. The molecule has 3 rings (SSSR count). The second-order valence-electron chi connectivity index (χ2n) is 5.35. The molecule has 1 aliphatic carbocycles. The van der Waals surface area contributed by atoms with Gasteiger partial charge in [0.2, 0.25) is 5.91 Å². The minimum absolute atomic E-state index is 0.0545. The number of hydrogen-bond donors (Lipinski definition) is 2. The van der Waals surface area contributed by atoms with E-state index in [0.717, 1.165) is 36.1 Å². The van der Waals surface area contributed by atoms with E-state index < -0.39 is 0 Å². The number of anilines is 1. The molecule has 0 saturated heterocycles. The Kier molecular flexibility index (Phi) is 3.81. The van der Waals surface area contributed by atoms with E-state index in [4.69, 9.17) is 0 Å². The lowest BCUT2D eigenvalue weighted by Crippen LogP contribution is -2.23. The zero-order chi connectivity index (χ0) is 14.7. The van der Waals surface area contributed by atoms with E-state index in [0.29, 0.717) is 5.82 Å². The lowest BCUT2D eigenvalue weighted by Gasteiger charge is -2.18. The number of amides is 1. The third kappa shape index (κ3) is 3.02. The number of carbonyl (C=O) groups excluding carboxylic acids is 1. The number of allylic oxidation sites excluding steroid dienone is 2. The quantitative estimate of drug-likeness (QED) is 0.850. The monoisotopic (exact) mass is 282 g/mol. The van der Waals surface area contributed by atoms with Gasteiger partial charge < -0.3 is 5.32 Å². The molecule has 0 fully saturated rings. The third-order valence-corrected chi connectivity index (χ3v) is 3.74. The second-order valence-corrected chi connectivity index (χ2v) is 5.35. The van der Waals surface area contributed by atoms with Gasteiger partial charge in [-0.15, -0.1) is 0 Å². The summed E-state index contributed by atoms with van der Waals surface area (Å²) in [6.45, 7) is 2.01. The first-order chi connectivity index (χ1) is 10.2. The van der Waals surface area contributed by atoms with Gasteiger partial charge in [-0.1, -0.05) is 23.8 Å². The van der Waals surface area contributed by atoms with Gasteiger partial charge in [0, 0.05) is 11.5 Å². The van der Waals surface area contributed by atoms with Crippen LogP contribution in [0.1, 0.15) is 24.8 Å². The Morgan fingerprint density at radius 2 is 2.29 bits per heavy atom. The molecule has 21 heavy (non-hydrogen) atoms. The first kappa shape index (κ1) is 13.5. The molecule has 0 bridgehead atoms. The minimum atomic E-state index is 0.0545. The van der Waals surface area contributed by atoms with Crippen molar-refractivity contribution in [1.29, 1.82) is 0 Å². The summed E-state index contributed by atoms with van der Waals surface area (Å²) in [5, 5.41) is 9.77. The predicted octanol–water partition coefficient (Wildman–Crippen LogP) is 3.07. The maximum atomic E-state index is 12.4. The van der Waals surface area contributed by atoms with Gasteiger partial charge in [-0.25, -0.2) is 4.98 Å². The molecule has 0 saturated carbocycles. The topological polar surface area (TPSA) is 70.7 Å². The van der Waals surface area contributed by atoms with E-state index in [1.807, 2.05) is 25.1 Å². The molecular weight excluding hydrogens is 264 g/mol. The number of benzene rings is 1. The summed E-state index contributed by atoms with van der Waals surface area (Å²) in [5.74, 6) is 0.792. The third-order valence-electron chi connectivity index (χ3n) is 3.74. The van der Waals surface area contributed by atoms with Crippen molar-refractivity contribution < 1.29 is 4.79 Å². The molecule has 5 nitrogen and oxygen atoms in total. The fourth-order valence-electron chi connectivity index (χ4n) is 2.56. The lowest BCUT2D eigenvalue weighted by molar-refractivity contribution is -0.120. The van der Waals surface area contributed by atoms with Gasteiger partial charge in [0.15, 0.2) is 5.82 Å². The van der Waals surface area contributed by atoms with Crippen molar-refractivity contribution in [3.63, 3.8) is 0 Å². The standard InChI is InChI=1S/C16H18N4O/c1-11-7-8-14(13(9-11)15-17-10-18-20-15)19-16(21)12-5-3-2-4-6-12/h2-3,7-10,12H,4-6H2,1H3,(H,19,21)(H,17,18,20). The van der Waals surface area contributed by atoms with Crippen molar-refractivity contribution in [3.8, 4) is 11.4 Å². The molecule has 5 heteroatoms. The van der Waals surface area contributed by atoms with Crippen LogP contribution in [0.4, 0.5) is 5.69 Å². The number of aryl methyl sites for hydroxylation is 1. The highest BCUT2D eigenvalue weighted by Gasteiger charge is 2.20. The molecule has 2 aromatic rings. The molecule has 1 aliphatic rings. The Balaban J connectivity index is 1.85. The Hall–Kier alpha value is -2.43. The summed E-state index contributed by atoms with van der Waals surface area (Å²) in [7, 11) is 0. The summed E-state index contributed by atoms with van der Waals surface area (Å²) >= 11 is 0. The van der Waals surface area contributed by atoms with Crippen LogP contribution in [-0.2, 0) is 4.79 Å². The number of nitrogens with zero attached hydrogens (tertiary/aromatic N) is 2. The van der Waals surface area contributed by atoms with Crippen molar-refractivity contribution in [3.05, 3.63) is 42.2 Å². The number of hydrogen-bond acceptors (Lipinski definition) is 3. The summed E-state index contributed by atoms with van der Waals surface area (Å²) in [5.41, 5.74) is 2.75. The zero-order valence-electron chi connectivity index (χ0n) is 12.0. The molecule has 1 aromatic carbocycles. The number of carbonyl (C=O) groups is 1. The molecule has 0 radical (unpaired) electrons. The fourth-order valence-corrected chi connectivity index (χ4v) is 2.56. The normalized spacial score (nSPS) is 17.7. The molecule has 2 N–H and O–H groups in total. The average molecular weight is 282 g/mol. The number of aromatic amines is 1. The minimum Gasteiger partial charge on any atom is -0.325 e. The van der Waals surface area contributed by atoms with Crippen LogP contribution in [0.15, 0.2) is 36.7 Å². The highest BCUT2D eigenvalue weighted by molar-refractivity contribution is 5.96. The average Bonchev–Trinajstić information content (AvgIpc) is 3.04. The van der Waals surface area contributed by atoms with Crippen molar-refractivity contribution in [1.82, 2.24) is 15.2 Å². The van der Waals surface area contributed by atoms with Crippen LogP contribution in [0.2, 0.25) is 0 Å². The Morgan fingerprint density at radius 1 is 1.38 bits per heavy atom. The van der Waals surface area contributed by atoms with Gasteiger partial charge in [-0.2, -0.15) is 5.10 Å². The summed E-state index contributed by atoms with van der Waals surface area (Å²) < 4.78 is 0. The first-order valence-electron chi connectivity index (χ1n) is 7.16. The highest BCUT2D eigenvalue weighted by atomic mass is 16.1. The van der Waals surface area contributed by atoms with Gasteiger partial charge >= 0.3 is 0 Å². The van der Waals surface area contributed by atoms with E-state index >= 15 is 0 Å². The molecule has 1 amide bonds. The second kappa shape index (κ2) is 5.91. The summed E-state index contributed by atoms with van der Waals surface area (Å²) in [6.07, 6.45) is 8.38. The predicted molar refractivity (Wildman–Crippen MR) is 81.7 cm³/mol. The van der Waals surface area contributed by atoms with Crippen LogP contribution >= 0.6 is 0 Å². The Morgan fingerprint density at radius 3 is 3.00 bits per heavy atom. The van der Waals surface area contributed by atoms with Gasteiger partial charge in [0.1, 0.15) is 6.33 Å². The van der Waals surface area contributed by atoms with Crippen LogP contribution in [-0.4, -0.2) is 21.1 Å². The van der Waals surface area contributed by atoms with Gasteiger partial charge in [-0.05, 0) is 38.3 Å². The fraction of sp³-hybridized carbons (Fsp3) is 0.312. The molecule has 0 aliphatic heterocycles. The maximum Gasteiger partial charge on any atom is 0.227 e. The SMILES string of the molecule is Cc1ccc(NC(=O)C2CC=CCC2)c(-c2ncn[nH]2)c1. The van der Waals surface area contributed by atoms with Crippen LogP contribution in [0.25, 0.3) is 11.4 Å². The largest absolute Gasteiger partial charge is 0.325 e. The first-order valence-corrected chi connectivity index (χ1v) is 7.16. The van der Waals surface area contributed by atoms with Crippen LogP contribution < -0.4 is 5.32 Å². The van der Waals surface area contributed by atoms with Gasteiger partial charge in [0.05, 0.1) is 5.69 Å². The Labute approximate surface area is 123 Å². The number of rotatable bonds is 3. The maximum absolute atomic E-state index is 12.4. The molecule has 1 heterocycles. The molecule has 1 atom stereocenters. The van der Waals surface area contributed by atoms with E-state index in [2.05, 4.69) is 32.7 Å². The van der Waals surface area contributed by atoms with E-state index in [9.17, 15) is 4.79 Å².